The van der Waals surface area contributed by atoms with Crippen LogP contribution in [0.3, 0.4) is 0 Å². The Morgan fingerprint density at radius 1 is 1.33 bits per heavy atom. The first kappa shape index (κ1) is 9.95. The van der Waals surface area contributed by atoms with Gasteiger partial charge in [-0.1, -0.05) is 0 Å². The minimum Gasteiger partial charge on any atom is -0.468 e. The molecule has 0 N–H and O–H groups in total. The van der Waals surface area contributed by atoms with Crippen molar-refractivity contribution in [1.29, 1.82) is 0 Å². The van der Waals surface area contributed by atoms with Gasteiger partial charge in [0, 0.05) is 5.92 Å². The van der Waals surface area contributed by atoms with Gasteiger partial charge in [0.25, 0.3) is 0 Å². The van der Waals surface area contributed by atoms with Crippen LogP contribution in [0.2, 0.25) is 0 Å². The van der Waals surface area contributed by atoms with Gasteiger partial charge in [0.1, 0.15) is 0 Å². The van der Waals surface area contributed by atoms with Crippen molar-refractivity contribution in [3.8, 4) is 0 Å². The molecule has 6 heteroatoms. The van der Waals surface area contributed by atoms with Gasteiger partial charge in [0.05, 0.1) is 26.7 Å². The fourth-order valence-electron chi connectivity index (χ4n) is 2.28. The molecule has 1 aliphatic heterocycles. The molecule has 6 nitrogen and oxygen atoms in total. The van der Waals surface area contributed by atoms with Crippen LogP contribution in [0.15, 0.2) is 0 Å². The highest BCUT2D eigenvalue weighted by molar-refractivity contribution is 6.10. The van der Waals surface area contributed by atoms with E-state index in [1.54, 1.807) is 0 Å². The van der Waals surface area contributed by atoms with E-state index >= 15 is 0 Å². The van der Waals surface area contributed by atoms with E-state index in [0.29, 0.717) is 0 Å². The molecule has 15 heavy (non-hydrogen) atoms. The average molecular weight is 214 g/mol. The highest BCUT2D eigenvalue weighted by atomic mass is 16.6. The van der Waals surface area contributed by atoms with Crippen LogP contribution in [-0.2, 0) is 28.6 Å². The van der Waals surface area contributed by atoms with Gasteiger partial charge in [-0.3, -0.25) is 14.4 Å². The Kier molecular flexibility index (Phi) is 1.95. The SMILES string of the molecule is COC(=O)C1(C(=O)OC)C2COC(=O)C21. The van der Waals surface area contributed by atoms with E-state index in [-0.39, 0.29) is 6.61 Å². The van der Waals surface area contributed by atoms with Crippen molar-refractivity contribution in [2.45, 2.75) is 0 Å². The fourth-order valence-corrected chi connectivity index (χ4v) is 2.28. The van der Waals surface area contributed by atoms with Crippen LogP contribution in [-0.4, -0.2) is 38.7 Å². The Hall–Kier alpha value is -1.59. The van der Waals surface area contributed by atoms with E-state index in [1.165, 1.54) is 14.2 Å². The number of fused-ring (bicyclic) bond motifs is 1. The largest absolute Gasteiger partial charge is 0.468 e. The van der Waals surface area contributed by atoms with Gasteiger partial charge in [0.15, 0.2) is 5.41 Å². The second-order valence-electron chi connectivity index (χ2n) is 3.57. The molecule has 2 unspecified atom stereocenters. The number of hydrogen-bond donors (Lipinski definition) is 0. The maximum Gasteiger partial charge on any atom is 0.324 e. The van der Waals surface area contributed by atoms with E-state index in [1.807, 2.05) is 0 Å². The third-order valence-corrected chi connectivity index (χ3v) is 3.07. The number of cyclic esters (lactones) is 1. The molecule has 0 aromatic carbocycles. The Morgan fingerprint density at radius 3 is 2.20 bits per heavy atom. The summed E-state index contributed by atoms with van der Waals surface area (Å²) in [4.78, 5) is 34.3. The van der Waals surface area contributed by atoms with Gasteiger partial charge in [0.2, 0.25) is 0 Å². The number of ether oxygens (including phenoxy) is 3. The lowest BCUT2D eigenvalue weighted by Gasteiger charge is -2.14. The molecule has 1 heterocycles. The first-order chi connectivity index (χ1) is 7.10. The van der Waals surface area contributed by atoms with Crippen molar-refractivity contribution in [3.63, 3.8) is 0 Å². The van der Waals surface area contributed by atoms with Crippen molar-refractivity contribution in [2.24, 2.45) is 17.3 Å². The van der Waals surface area contributed by atoms with E-state index in [9.17, 15) is 14.4 Å². The number of rotatable bonds is 2. The van der Waals surface area contributed by atoms with E-state index in [2.05, 4.69) is 9.47 Å². The molecule has 0 radical (unpaired) electrons. The summed E-state index contributed by atoms with van der Waals surface area (Å²) in [5.41, 5.74) is -1.45. The Labute approximate surface area is 85.5 Å². The maximum atomic E-state index is 11.5. The Morgan fingerprint density at radius 2 is 1.87 bits per heavy atom. The zero-order valence-corrected chi connectivity index (χ0v) is 8.31. The zero-order chi connectivity index (χ0) is 11.2. The van der Waals surface area contributed by atoms with Gasteiger partial charge in [-0.2, -0.15) is 0 Å². The number of methoxy groups -OCH3 is 2. The highest BCUT2D eigenvalue weighted by Gasteiger charge is 2.82. The van der Waals surface area contributed by atoms with Crippen LogP contribution in [0.4, 0.5) is 0 Å². The van der Waals surface area contributed by atoms with E-state index < -0.39 is 35.2 Å². The molecule has 2 fully saturated rings. The number of carbonyl (C=O) groups is 3. The lowest BCUT2D eigenvalue weighted by Crippen LogP contribution is -2.35. The zero-order valence-electron chi connectivity index (χ0n) is 8.31. The van der Waals surface area contributed by atoms with Crippen molar-refractivity contribution in [2.75, 3.05) is 20.8 Å². The van der Waals surface area contributed by atoms with Gasteiger partial charge in [-0.15, -0.1) is 0 Å². The van der Waals surface area contributed by atoms with Gasteiger partial charge < -0.3 is 14.2 Å². The van der Waals surface area contributed by atoms with Crippen LogP contribution < -0.4 is 0 Å². The minimum absolute atomic E-state index is 0.0771. The molecule has 0 bridgehead atoms. The van der Waals surface area contributed by atoms with Crippen LogP contribution in [0.25, 0.3) is 0 Å². The standard InChI is InChI=1S/C9H10O6/c1-13-7(11)9(8(12)14-2)4-3-15-6(10)5(4)9/h4-5H,3H2,1-2H3. The summed E-state index contributed by atoms with van der Waals surface area (Å²) < 4.78 is 13.8. The molecule has 1 saturated carbocycles. The third kappa shape index (κ3) is 0.961. The summed E-state index contributed by atoms with van der Waals surface area (Å²) in [6.45, 7) is 0.0771. The molecule has 1 saturated heterocycles. The molecule has 0 amide bonds. The number of carbonyl (C=O) groups excluding carboxylic acids is 3. The minimum atomic E-state index is -1.45. The molecule has 0 aromatic heterocycles. The van der Waals surface area contributed by atoms with Crippen LogP contribution >= 0.6 is 0 Å². The first-order valence-corrected chi connectivity index (χ1v) is 4.44. The maximum absolute atomic E-state index is 11.5. The summed E-state index contributed by atoms with van der Waals surface area (Å²) >= 11 is 0. The predicted molar refractivity (Wildman–Crippen MR) is 44.4 cm³/mol. The van der Waals surface area contributed by atoms with Crippen molar-refractivity contribution in [3.05, 3.63) is 0 Å². The summed E-state index contributed by atoms with van der Waals surface area (Å²) in [5.74, 6) is -3.12. The van der Waals surface area contributed by atoms with Gasteiger partial charge in [-0.25, -0.2) is 0 Å². The summed E-state index contributed by atoms with van der Waals surface area (Å²) in [7, 11) is 2.35. The summed E-state index contributed by atoms with van der Waals surface area (Å²) in [5, 5.41) is 0. The number of esters is 3. The molecule has 2 rings (SSSR count). The molecular formula is C9H10O6. The normalized spacial score (nSPS) is 30.1. The molecule has 2 aliphatic rings. The fraction of sp³-hybridized carbons (Fsp3) is 0.667. The summed E-state index contributed by atoms with van der Waals surface area (Å²) in [6, 6.07) is 0. The third-order valence-electron chi connectivity index (χ3n) is 3.07. The van der Waals surface area contributed by atoms with Crippen LogP contribution in [0, 0.1) is 17.3 Å². The Balaban J connectivity index is 2.33. The molecule has 1 aliphatic carbocycles. The van der Waals surface area contributed by atoms with Crippen LogP contribution in [0.5, 0.6) is 0 Å². The molecule has 82 valence electrons. The quantitative estimate of drug-likeness (QED) is 0.337. The Bertz CT molecular complexity index is 331. The smallest absolute Gasteiger partial charge is 0.324 e. The first-order valence-electron chi connectivity index (χ1n) is 4.44. The highest BCUT2D eigenvalue weighted by Crippen LogP contribution is 2.63. The monoisotopic (exact) mass is 214 g/mol. The van der Waals surface area contributed by atoms with Crippen molar-refractivity contribution < 1.29 is 28.6 Å². The van der Waals surface area contributed by atoms with Gasteiger partial charge >= 0.3 is 17.9 Å². The van der Waals surface area contributed by atoms with Crippen LogP contribution in [0.1, 0.15) is 0 Å². The average Bonchev–Trinajstić information content (AvgIpc) is 2.79. The second-order valence-corrected chi connectivity index (χ2v) is 3.57. The second kappa shape index (κ2) is 2.95. The molecule has 0 aromatic rings. The van der Waals surface area contributed by atoms with Crippen molar-refractivity contribution >= 4 is 17.9 Å². The molecule has 2 atom stereocenters. The molecule has 0 spiro atoms. The van der Waals surface area contributed by atoms with E-state index in [4.69, 9.17) is 4.74 Å². The molecular weight excluding hydrogens is 204 g/mol. The topological polar surface area (TPSA) is 78.9 Å². The predicted octanol–water partition coefficient (Wildman–Crippen LogP) is -0.878. The lowest BCUT2D eigenvalue weighted by atomic mass is 10.0. The summed E-state index contributed by atoms with van der Waals surface area (Å²) in [6.07, 6.45) is 0. The number of hydrogen-bond acceptors (Lipinski definition) is 6. The van der Waals surface area contributed by atoms with Crippen molar-refractivity contribution in [1.82, 2.24) is 0 Å². The van der Waals surface area contributed by atoms with E-state index in [0.717, 1.165) is 0 Å². The lowest BCUT2D eigenvalue weighted by molar-refractivity contribution is -0.168. The van der Waals surface area contributed by atoms with Gasteiger partial charge in [-0.05, 0) is 0 Å².